The minimum absolute atomic E-state index is 0.415. The molecule has 104 valence electrons. The zero-order chi connectivity index (χ0) is 14.3. The first-order valence-corrected chi connectivity index (χ1v) is 6.46. The number of amides is 2. The summed E-state index contributed by atoms with van der Waals surface area (Å²) in [4.78, 5) is 22.7. The third-order valence-corrected chi connectivity index (χ3v) is 2.83. The van der Waals surface area contributed by atoms with Crippen LogP contribution in [0.3, 0.4) is 0 Å². The van der Waals surface area contributed by atoms with Gasteiger partial charge in [0.1, 0.15) is 6.04 Å². The zero-order valence-electron chi connectivity index (χ0n) is 11.3. The Bertz CT molecular complexity index is 446. The van der Waals surface area contributed by atoms with Gasteiger partial charge < -0.3 is 15.7 Å². The highest BCUT2D eigenvalue weighted by atomic mass is 16.4. The van der Waals surface area contributed by atoms with Gasteiger partial charge in [-0.25, -0.2) is 9.59 Å². The molecule has 5 nitrogen and oxygen atoms in total. The van der Waals surface area contributed by atoms with Crippen molar-refractivity contribution in [1.29, 1.82) is 0 Å². The van der Waals surface area contributed by atoms with Crippen LogP contribution in [-0.4, -0.2) is 23.1 Å². The molecular weight excluding hydrogens is 244 g/mol. The highest BCUT2D eigenvalue weighted by molar-refractivity contribution is 5.92. The molecule has 0 saturated heterocycles. The summed E-state index contributed by atoms with van der Waals surface area (Å²) in [5.74, 6) is -1.01. The van der Waals surface area contributed by atoms with E-state index in [4.69, 9.17) is 5.11 Å². The van der Waals surface area contributed by atoms with E-state index in [0.717, 1.165) is 12.0 Å². The van der Waals surface area contributed by atoms with Crippen LogP contribution in [0.25, 0.3) is 0 Å². The molecule has 1 aromatic carbocycles. The fraction of sp³-hybridized carbons (Fsp3) is 0.429. The van der Waals surface area contributed by atoms with E-state index in [1.54, 1.807) is 6.07 Å². The van der Waals surface area contributed by atoms with Crippen molar-refractivity contribution in [2.24, 2.45) is 0 Å². The van der Waals surface area contributed by atoms with Crippen LogP contribution in [-0.2, 0) is 11.2 Å². The maximum atomic E-state index is 11.8. The van der Waals surface area contributed by atoms with Crippen molar-refractivity contribution in [3.63, 3.8) is 0 Å². The predicted octanol–water partition coefficient (Wildman–Crippen LogP) is 2.62. The number of aliphatic carboxylic acids is 1. The quantitative estimate of drug-likeness (QED) is 0.739. The summed E-state index contributed by atoms with van der Waals surface area (Å²) in [7, 11) is 0. The number of anilines is 1. The Balaban J connectivity index is 2.66. The SMILES string of the molecule is CCC[C@H](NC(=O)Nc1ccccc1CC)C(=O)O. The number of hydrogen-bond donors (Lipinski definition) is 3. The van der Waals surface area contributed by atoms with Crippen LogP contribution in [0.2, 0.25) is 0 Å². The lowest BCUT2D eigenvalue weighted by molar-refractivity contribution is -0.139. The third-order valence-electron chi connectivity index (χ3n) is 2.83. The van der Waals surface area contributed by atoms with Gasteiger partial charge in [0.15, 0.2) is 0 Å². The molecule has 1 atom stereocenters. The molecule has 0 bridgehead atoms. The van der Waals surface area contributed by atoms with Gasteiger partial charge >= 0.3 is 12.0 Å². The molecule has 3 N–H and O–H groups in total. The monoisotopic (exact) mass is 264 g/mol. The number of carbonyl (C=O) groups is 2. The lowest BCUT2D eigenvalue weighted by Crippen LogP contribution is -2.43. The number of aryl methyl sites for hydroxylation is 1. The molecule has 0 heterocycles. The van der Waals surface area contributed by atoms with E-state index in [1.807, 2.05) is 32.0 Å². The second-order valence-electron chi connectivity index (χ2n) is 4.29. The van der Waals surface area contributed by atoms with Gasteiger partial charge in [0.25, 0.3) is 0 Å². The maximum Gasteiger partial charge on any atom is 0.326 e. The molecule has 19 heavy (non-hydrogen) atoms. The average molecular weight is 264 g/mol. The number of para-hydroxylation sites is 1. The fourth-order valence-corrected chi connectivity index (χ4v) is 1.81. The summed E-state index contributed by atoms with van der Waals surface area (Å²) in [5, 5.41) is 14.1. The third kappa shape index (κ3) is 4.62. The largest absolute Gasteiger partial charge is 0.480 e. The highest BCUT2D eigenvalue weighted by Gasteiger charge is 2.18. The molecule has 0 aromatic heterocycles. The number of rotatable bonds is 6. The Morgan fingerprint density at radius 2 is 1.95 bits per heavy atom. The molecule has 0 aliphatic carbocycles. The minimum atomic E-state index is -1.01. The van der Waals surface area contributed by atoms with Crippen LogP contribution in [0.5, 0.6) is 0 Å². The number of carboxylic acid groups (broad SMARTS) is 1. The number of benzene rings is 1. The Morgan fingerprint density at radius 1 is 1.26 bits per heavy atom. The van der Waals surface area contributed by atoms with Crippen LogP contribution in [0.4, 0.5) is 10.5 Å². The number of hydrogen-bond acceptors (Lipinski definition) is 2. The standard InChI is InChI=1S/C14H20N2O3/c1-3-7-12(13(17)18)16-14(19)15-11-9-6-5-8-10(11)4-2/h5-6,8-9,12H,3-4,7H2,1-2H3,(H,17,18)(H2,15,16,19)/t12-/m0/s1. The van der Waals surface area contributed by atoms with Crippen molar-refractivity contribution in [2.45, 2.75) is 39.2 Å². The lowest BCUT2D eigenvalue weighted by Gasteiger charge is -2.15. The van der Waals surface area contributed by atoms with Crippen LogP contribution < -0.4 is 10.6 Å². The summed E-state index contributed by atoms with van der Waals surface area (Å²) in [5.41, 5.74) is 1.73. The summed E-state index contributed by atoms with van der Waals surface area (Å²) in [6.45, 7) is 3.87. The zero-order valence-corrected chi connectivity index (χ0v) is 11.3. The maximum absolute atomic E-state index is 11.8. The Hall–Kier alpha value is -2.04. The van der Waals surface area contributed by atoms with Gasteiger partial charge in [0, 0.05) is 5.69 Å². The first-order chi connectivity index (χ1) is 9.08. The molecule has 1 aromatic rings. The van der Waals surface area contributed by atoms with Crippen molar-refractivity contribution in [2.75, 3.05) is 5.32 Å². The van der Waals surface area contributed by atoms with Crippen molar-refractivity contribution < 1.29 is 14.7 Å². The molecular formula is C14H20N2O3. The number of carboxylic acids is 1. The average Bonchev–Trinajstić information content (AvgIpc) is 2.38. The minimum Gasteiger partial charge on any atom is -0.480 e. The van der Waals surface area contributed by atoms with Gasteiger partial charge in [-0.2, -0.15) is 0 Å². The summed E-state index contributed by atoms with van der Waals surface area (Å²) in [6.07, 6.45) is 1.91. The molecule has 0 aliphatic heterocycles. The van der Waals surface area contributed by atoms with Gasteiger partial charge in [-0.3, -0.25) is 0 Å². The first kappa shape index (κ1) is 15.0. The van der Waals surface area contributed by atoms with Crippen molar-refractivity contribution in [1.82, 2.24) is 5.32 Å². The van der Waals surface area contributed by atoms with Crippen LogP contribution in [0.1, 0.15) is 32.3 Å². The van der Waals surface area contributed by atoms with Gasteiger partial charge in [0.05, 0.1) is 0 Å². The Morgan fingerprint density at radius 3 is 2.53 bits per heavy atom. The Labute approximate surface area is 113 Å². The fourth-order valence-electron chi connectivity index (χ4n) is 1.81. The van der Waals surface area contributed by atoms with E-state index in [2.05, 4.69) is 10.6 Å². The van der Waals surface area contributed by atoms with Crippen LogP contribution >= 0.6 is 0 Å². The topological polar surface area (TPSA) is 78.4 Å². The van der Waals surface area contributed by atoms with E-state index in [1.165, 1.54) is 0 Å². The van der Waals surface area contributed by atoms with Crippen molar-refractivity contribution in [3.8, 4) is 0 Å². The smallest absolute Gasteiger partial charge is 0.326 e. The van der Waals surface area contributed by atoms with Gasteiger partial charge in [0.2, 0.25) is 0 Å². The predicted molar refractivity (Wildman–Crippen MR) is 74.3 cm³/mol. The lowest BCUT2D eigenvalue weighted by atomic mass is 10.1. The second kappa shape index (κ2) is 7.41. The van der Waals surface area contributed by atoms with Crippen molar-refractivity contribution >= 4 is 17.7 Å². The molecule has 0 saturated carbocycles. The van der Waals surface area contributed by atoms with E-state index in [0.29, 0.717) is 18.5 Å². The van der Waals surface area contributed by atoms with Crippen molar-refractivity contribution in [3.05, 3.63) is 29.8 Å². The number of urea groups is 1. The molecule has 2 amide bonds. The van der Waals surface area contributed by atoms with E-state index in [9.17, 15) is 9.59 Å². The van der Waals surface area contributed by atoms with E-state index >= 15 is 0 Å². The second-order valence-corrected chi connectivity index (χ2v) is 4.29. The molecule has 0 fully saturated rings. The van der Waals surface area contributed by atoms with Gasteiger partial charge in [-0.05, 0) is 24.5 Å². The van der Waals surface area contributed by atoms with E-state index < -0.39 is 18.0 Å². The number of carbonyl (C=O) groups excluding carboxylic acids is 1. The van der Waals surface area contributed by atoms with E-state index in [-0.39, 0.29) is 0 Å². The van der Waals surface area contributed by atoms with Crippen LogP contribution in [0, 0.1) is 0 Å². The van der Waals surface area contributed by atoms with Crippen LogP contribution in [0.15, 0.2) is 24.3 Å². The normalized spacial score (nSPS) is 11.7. The highest BCUT2D eigenvalue weighted by Crippen LogP contribution is 2.15. The van der Waals surface area contributed by atoms with Gasteiger partial charge in [-0.15, -0.1) is 0 Å². The molecule has 0 radical (unpaired) electrons. The molecule has 0 unspecified atom stereocenters. The first-order valence-electron chi connectivity index (χ1n) is 6.46. The molecule has 1 rings (SSSR count). The Kier molecular flexibility index (Phi) is 5.85. The summed E-state index contributed by atoms with van der Waals surface area (Å²) >= 11 is 0. The summed E-state index contributed by atoms with van der Waals surface area (Å²) < 4.78 is 0. The molecule has 5 heteroatoms. The number of nitrogens with one attached hydrogen (secondary N) is 2. The molecule has 0 spiro atoms. The molecule has 0 aliphatic rings. The van der Waals surface area contributed by atoms with Gasteiger partial charge in [-0.1, -0.05) is 38.5 Å². The summed E-state index contributed by atoms with van der Waals surface area (Å²) in [6, 6.07) is 6.12.